The first kappa shape index (κ1) is 14.4. The second-order valence-electron chi connectivity index (χ2n) is 5.13. The molecule has 0 bridgehead atoms. The zero-order chi connectivity index (χ0) is 12.7. The van der Waals surface area contributed by atoms with Crippen LogP contribution in [-0.4, -0.2) is 57.2 Å². The summed E-state index contributed by atoms with van der Waals surface area (Å²) in [5.41, 5.74) is 6.02. The molecule has 0 unspecified atom stereocenters. The monoisotopic (exact) mass is 243 g/mol. The maximum atomic E-state index is 11.6. The van der Waals surface area contributed by atoms with Gasteiger partial charge in [-0.2, -0.15) is 0 Å². The lowest BCUT2D eigenvalue weighted by Crippen LogP contribution is -2.46. The Morgan fingerprint density at radius 1 is 1.47 bits per heavy atom. The van der Waals surface area contributed by atoms with Gasteiger partial charge in [0.2, 0.25) is 5.91 Å². The summed E-state index contributed by atoms with van der Waals surface area (Å²) >= 11 is 0. The van der Waals surface area contributed by atoms with Gasteiger partial charge in [-0.3, -0.25) is 9.69 Å². The molecule has 0 aromatic rings. The zero-order valence-electron chi connectivity index (χ0n) is 11.0. The molecule has 0 aromatic heterocycles. The van der Waals surface area contributed by atoms with E-state index < -0.39 is 0 Å². The van der Waals surface area contributed by atoms with Crippen LogP contribution in [0.3, 0.4) is 0 Å². The van der Waals surface area contributed by atoms with E-state index in [9.17, 15) is 4.79 Å². The summed E-state index contributed by atoms with van der Waals surface area (Å²) < 4.78 is 4.88. The van der Waals surface area contributed by atoms with Crippen LogP contribution in [0.2, 0.25) is 0 Å². The second kappa shape index (κ2) is 6.93. The fourth-order valence-corrected chi connectivity index (χ4v) is 2.01. The average Bonchev–Trinajstić information content (AvgIpc) is 2.33. The molecule has 0 aromatic carbocycles. The summed E-state index contributed by atoms with van der Waals surface area (Å²) in [5.74, 6) is 0.0819. The predicted octanol–water partition coefficient (Wildman–Crippen LogP) is -0.190. The Balaban J connectivity index is 2.19. The topological polar surface area (TPSA) is 67.6 Å². The van der Waals surface area contributed by atoms with Gasteiger partial charge < -0.3 is 15.8 Å². The molecule has 1 heterocycles. The zero-order valence-corrected chi connectivity index (χ0v) is 11.0. The Morgan fingerprint density at radius 2 is 2.12 bits per heavy atom. The molecule has 0 atom stereocenters. The van der Waals surface area contributed by atoms with Crippen LogP contribution in [0.1, 0.15) is 19.8 Å². The second-order valence-corrected chi connectivity index (χ2v) is 5.13. The van der Waals surface area contributed by atoms with Crippen molar-refractivity contribution in [2.75, 3.05) is 46.4 Å². The van der Waals surface area contributed by atoms with E-state index in [2.05, 4.69) is 17.1 Å². The fraction of sp³-hybridized carbons (Fsp3) is 0.917. The molecule has 1 amide bonds. The highest BCUT2D eigenvalue weighted by molar-refractivity contribution is 5.77. The van der Waals surface area contributed by atoms with Crippen LogP contribution in [0.15, 0.2) is 0 Å². The van der Waals surface area contributed by atoms with E-state index in [0.717, 1.165) is 32.5 Å². The molecule has 1 saturated heterocycles. The Hall–Kier alpha value is -0.650. The Morgan fingerprint density at radius 3 is 2.65 bits per heavy atom. The number of ether oxygens (including phenoxy) is 1. The summed E-state index contributed by atoms with van der Waals surface area (Å²) in [6, 6.07) is 0. The molecule has 0 aliphatic carbocycles. The van der Waals surface area contributed by atoms with Gasteiger partial charge in [0.25, 0.3) is 0 Å². The number of hydrogen-bond donors (Lipinski definition) is 2. The Bertz CT molecular complexity index is 238. The van der Waals surface area contributed by atoms with Crippen LogP contribution in [0.25, 0.3) is 0 Å². The highest BCUT2D eigenvalue weighted by Gasteiger charge is 2.29. The van der Waals surface area contributed by atoms with Gasteiger partial charge >= 0.3 is 0 Å². The maximum Gasteiger partial charge on any atom is 0.234 e. The molecular formula is C12H25N3O2. The van der Waals surface area contributed by atoms with E-state index in [1.54, 1.807) is 7.11 Å². The molecule has 3 N–H and O–H groups in total. The predicted molar refractivity (Wildman–Crippen MR) is 67.7 cm³/mol. The van der Waals surface area contributed by atoms with Crippen molar-refractivity contribution in [3.05, 3.63) is 0 Å². The lowest BCUT2D eigenvalue weighted by Gasteiger charge is -2.38. The van der Waals surface area contributed by atoms with Gasteiger partial charge in [-0.05, 0) is 37.9 Å². The van der Waals surface area contributed by atoms with Gasteiger partial charge in [-0.25, -0.2) is 0 Å². The third kappa shape index (κ3) is 5.02. The SMILES string of the molecule is COCCNC(=O)CN1CCC(C)(CN)CC1. The summed E-state index contributed by atoms with van der Waals surface area (Å²) in [5, 5.41) is 2.84. The number of nitrogens with one attached hydrogen (secondary N) is 1. The van der Waals surface area contributed by atoms with Crippen molar-refractivity contribution in [1.29, 1.82) is 0 Å². The van der Waals surface area contributed by atoms with Crippen molar-refractivity contribution in [2.24, 2.45) is 11.1 Å². The number of methoxy groups -OCH3 is 1. The molecule has 100 valence electrons. The number of nitrogens with two attached hydrogens (primary N) is 1. The van der Waals surface area contributed by atoms with Crippen LogP contribution in [0.5, 0.6) is 0 Å². The van der Waals surface area contributed by atoms with Gasteiger partial charge in [-0.15, -0.1) is 0 Å². The average molecular weight is 243 g/mol. The van der Waals surface area contributed by atoms with Crippen LogP contribution < -0.4 is 11.1 Å². The Labute approximate surface area is 104 Å². The third-order valence-electron chi connectivity index (χ3n) is 3.55. The molecular weight excluding hydrogens is 218 g/mol. The molecule has 1 rings (SSSR count). The fourth-order valence-electron chi connectivity index (χ4n) is 2.01. The molecule has 1 aliphatic heterocycles. The molecule has 1 aliphatic rings. The molecule has 17 heavy (non-hydrogen) atoms. The van der Waals surface area contributed by atoms with Crippen molar-refractivity contribution in [1.82, 2.24) is 10.2 Å². The highest BCUT2D eigenvalue weighted by atomic mass is 16.5. The maximum absolute atomic E-state index is 11.6. The highest BCUT2D eigenvalue weighted by Crippen LogP contribution is 2.28. The van der Waals surface area contributed by atoms with Crippen molar-refractivity contribution in [2.45, 2.75) is 19.8 Å². The van der Waals surface area contributed by atoms with Gasteiger partial charge in [0.15, 0.2) is 0 Å². The molecule has 0 spiro atoms. The number of hydrogen-bond acceptors (Lipinski definition) is 4. The van der Waals surface area contributed by atoms with E-state index in [1.807, 2.05) is 0 Å². The van der Waals surface area contributed by atoms with Gasteiger partial charge in [0.1, 0.15) is 0 Å². The lowest BCUT2D eigenvalue weighted by atomic mass is 9.80. The Kier molecular flexibility index (Phi) is 5.88. The van der Waals surface area contributed by atoms with Gasteiger partial charge in [-0.1, -0.05) is 6.92 Å². The summed E-state index contributed by atoms with van der Waals surface area (Å²) in [6.45, 7) is 6.53. The van der Waals surface area contributed by atoms with Crippen LogP contribution >= 0.6 is 0 Å². The molecule has 0 saturated carbocycles. The molecule has 5 nitrogen and oxygen atoms in total. The third-order valence-corrected chi connectivity index (χ3v) is 3.55. The number of carbonyl (C=O) groups is 1. The number of nitrogens with zero attached hydrogens (tertiary/aromatic N) is 1. The number of rotatable bonds is 6. The smallest absolute Gasteiger partial charge is 0.234 e. The standard InChI is InChI=1S/C12H25N3O2/c1-12(10-13)3-6-15(7-4-12)9-11(16)14-5-8-17-2/h3-10,13H2,1-2H3,(H,14,16). The van der Waals surface area contributed by atoms with E-state index in [1.165, 1.54) is 0 Å². The van der Waals surface area contributed by atoms with Gasteiger partial charge in [0, 0.05) is 13.7 Å². The molecule has 5 heteroatoms. The van der Waals surface area contributed by atoms with E-state index in [0.29, 0.717) is 19.7 Å². The minimum Gasteiger partial charge on any atom is -0.383 e. The summed E-state index contributed by atoms with van der Waals surface area (Å²) in [7, 11) is 1.63. The molecule has 0 radical (unpaired) electrons. The molecule has 1 fully saturated rings. The van der Waals surface area contributed by atoms with E-state index in [4.69, 9.17) is 10.5 Å². The first-order valence-electron chi connectivity index (χ1n) is 6.28. The van der Waals surface area contributed by atoms with Crippen LogP contribution in [0.4, 0.5) is 0 Å². The van der Waals surface area contributed by atoms with Crippen LogP contribution in [-0.2, 0) is 9.53 Å². The lowest BCUT2D eigenvalue weighted by molar-refractivity contribution is -0.123. The number of likely N-dealkylation sites (tertiary alicyclic amines) is 1. The number of amides is 1. The van der Waals surface area contributed by atoms with Crippen molar-refractivity contribution >= 4 is 5.91 Å². The summed E-state index contributed by atoms with van der Waals surface area (Å²) in [4.78, 5) is 13.8. The number of piperidine rings is 1. The first-order valence-corrected chi connectivity index (χ1v) is 6.28. The largest absolute Gasteiger partial charge is 0.383 e. The van der Waals surface area contributed by atoms with Gasteiger partial charge in [0.05, 0.1) is 13.2 Å². The first-order chi connectivity index (χ1) is 8.09. The summed E-state index contributed by atoms with van der Waals surface area (Å²) in [6.07, 6.45) is 2.16. The minimum absolute atomic E-state index is 0.0819. The van der Waals surface area contributed by atoms with E-state index in [-0.39, 0.29) is 11.3 Å². The quantitative estimate of drug-likeness (QED) is 0.635. The van der Waals surface area contributed by atoms with Crippen molar-refractivity contribution < 1.29 is 9.53 Å². The van der Waals surface area contributed by atoms with Crippen molar-refractivity contribution in [3.63, 3.8) is 0 Å². The minimum atomic E-state index is 0.0819. The van der Waals surface area contributed by atoms with E-state index >= 15 is 0 Å². The van der Waals surface area contributed by atoms with Crippen LogP contribution in [0, 0.1) is 5.41 Å². The van der Waals surface area contributed by atoms with Crippen molar-refractivity contribution in [3.8, 4) is 0 Å². The normalized spacial score (nSPS) is 20.2. The number of carbonyl (C=O) groups excluding carboxylic acids is 1.